The highest BCUT2D eigenvalue weighted by Gasteiger charge is 2.14. The summed E-state index contributed by atoms with van der Waals surface area (Å²) in [5, 5.41) is 11.9. The number of rotatable bonds is 2. The summed E-state index contributed by atoms with van der Waals surface area (Å²) in [6.07, 6.45) is 0. The first-order valence-corrected chi connectivity index (χ1v) is 5.59. The van der Waals surface area contributed by atoms with E-state index in [0.29, 0.717) is 10.4 Å². The highest BCUT2D eigenvalue weighted by Crippen LogP contribution is 2.31. The van der Waals surface area contributed by atoms with Gasteiger partial charge in [0.1, 0.15) is 11.3 Å². The van der Waals surface area contributed by atoms with Gasteiger partial charge in [0, 0.05) is 10.4 Å². The lowest BCUT2D eigenvalue weighted by molar-refractivity contribution is 0.0523. The van der Waals surface area contributed by atoms with Gasteiger partial charge in [-0.25, -0.2) is 4.79 Å². The van der Waals surface area contributed by atoms with Crippen molar-refractivity contribution < 1.29 is 14.6 Å². The van der Waals surface area contributed by atoms with Crippen molar-refractivity contribution >= 4 is 28.3 Å². The van der Waals surface area contributed by atoms with Crippen LogP contribution in [-0.2, 0) is 4.74 Å². The molecule has 0 spiro atoms. The van der Waals surface area contributed by atoms with E-state index < -0.39 is 5.97 Å². The molecule has 0 fully saturated rings. The normalized spacial score (nSPS) is 10.5. The number of hydrogen-bond acceptors (Lipinski definition) is 3. The second kappa shape index (κ2) is 4.63. The zero-order chi connectivity index (χ0) is 12.4. The maximum Gasteiger partial charge on any atom is 0.341 e. The summed E-state index contributed by atoms with van der Waals surface area (Å²) in [6, 6.07) is 8.43. The molecular formula is C13H11ClO3. The van der Waals surface area contributed by atoms with Crippen molar-refractivity contribution in [3.63, 3.8) is 0 Å². The van der Waals surface area contributed by atoms with E-state index in [9.17, 15) is 9.90 Å². The number of halogens is 1. The van der Waals surface area contributed by atoms with Crippen LogP contribution in [0.15, 0.2) is 30.3 Å². The van der Waals surface area contributed by atoms with E-state index in [-0.39, 0.29) is 17.9 Å². The quantitative estimate of drug-likeness (QED) is 0.832. The van der Waals surface area contributed by atoms with Gasteiger partial charge in [0.2, 0.25) is 0 Å². The average molecular weight is 251 g/mol. The summed E-state index contributed by atoms with van der Waals surface area (Å²) in [6.45, 7) is 1.98. The predicted molar refractivity (Wildman–Crippen MR) is 66.6 cm³/mol. The highest BCUT2D eigenvalue weighted by molar-refractivity contribution is 6.31. The first-order valence-electron chi connectivity index (χ1n) is 5.22. The molecule has 0 saturated heterocycles. The molecule has 4 heteroatoms. The second-order valence-electron chi connectivity index (χ2n) is 3.55. The highest BCUT2D eigenvalue weighted by atomic mass is 35.5. The molecule has 1 N–H and O–H groups in total. The molecule has 0 amide bonds. The molecular weight excluding hydrogens is 240 g/mol. The van der Waals surface area contributed by atoms with Crippen molar-refractivity contribution in [2.45, 2.75) is 6.92 Å². The maximum absolute atomic E-state index is 11.6. The molecule has 0 aliphatic rings. The Morgan fingerprint density at radius 2 is 2.06 bits per heavy atom. The number of ether oxygens (including phenoxy) is 1. The number of hydrogen-bond donors (Lipinski definition) is 1. The van der Waals surface area contributed by atoms with E-state index in [0.717, 1.165) is 5.39 Å². The van der Waals surface area contributed by atoms with Crippen LogP contribution in [0.25, 0.3) is 10.8 Å². The predicted octanol–water partition coefficient (Wildman–Crippen LogP) is 3.38. The lowest BCUT2D eigenvalue weighted by Gasteiger charge is -2.07. The number of phenols is 1. The molecule has 0 unspecified atom stereocenters. The molecule has 0 aliphatic heterocycles. The Labute approximate surface area is 104 Å². The van der Waals surface area contributed by atoms with Crippen molar-refractivity contribution in [1.82, 2.24) is 0 Å². The SMILES string of the molecule is CCOC(=O)c1ccc2ccc(Cl)cc2c1O. The van der Waals surface area contributed by atoms with E-state index in [4.69, 9.17) is 16.3 Å². The molecule has 0 saturated carbocycles. The minimum absolute atomic E-state index is 0.0940. The minimum atomic E-state index is -0.535. The lowest BCUT2D eigenvalue weighted by atomic mass is 10.1. The van der Waals surface area contributed by atoms with Crippen LogP contribution in [0, 0.1) is 0 Å². The van der Waals surface area contributed by atoms with E-state index >= 15 is 0 Å². The molecule has 0 bridgehead atoms. The second-order valence-corrected chi connectivity index (χ2v) is 3.98. The summed E-state index contributed by atoms with van der Waals surface area (Å²) in [4.78, 5) is 11.6. The monoisotopic (exact) mass is 250 g/mol. The van der Waals surface area contributed by atoms with Gasteiger partial charge in [-0.15, -0.1) is 0 Å². The van der Waals surface area contributed by atoms with Crippen LogP contribution in [0.1, 0.15) is 17.3 Å². The topological polar surface area (TPSA) is 46.5 Å². The van der Waals surface area contributed by atoms with E-state index in [1.54, 1.807) is 37.3 Å². The number of phenolic OH excluding ortho intramolecular Hbond substituents is 1. The van der Waals surface area contributed by atoms with Crippen LogP contribution < -0.4 is 0 Å². The number of carbonyl (C=O) groups is 1. The third kappa shape index (κ3) is 2.19. The molecule has 0 heterocycles. The Kier molecular flexibility index (Phi) is 3.20. The Morgan fingerprint density at radius 3 is 2.76 bits per heavy atom. The fraction of sp³-hybridized carbons (Fsp3) is 0.154. The first-order chi connectivity index (χ1) is 8.13. The van der Waals surface area contributed by atoms with Crippen molar-refractivity contribution in [2.24, 2.45) is 0 Å². The maximum atomic E-state index is 11.6. The summed E-state index contributed by atoms with van der Waals surface area (Å²) in [5.41, 5.74) is 0.154. The third-order valence-corrected chi connectivity index (χ3v) is 2.69. The molecule has 0 radical (unpaired) electrons. The van der Waals surface area contributed by atoms with E-state index in [1.165, 1.54) is 0 Å². The van der Waals surface area contributed by atoms with Gasteiger partial charge < -0.3 is 9.84 Å². The van der Waals surface area contributed by atoms with Gasteiger partial charge in [-0.1, -0.05) is 23.7 Å². The van der Waals surface area contributed by atoms with Gasteiger partial charge in [0.25, 0.3) is 0 Å². The number of carbonyl (C=O) groups excluding carboxylic acids is 1. The first kappa shape index (κ1) is 11.7. The van der Waals surface area contributed by atoms with Gasteiger partial charge in [-0.05, 0) is 30.5 Å². The molecule has 0 aromatic heterocycles. The van der Waals surface area contributed by atoms with Gasteiger partial charge in [-0.3, -0.25) is 0 Å². The largest absolute Gasteiger partial charge is 0.506 e. The molecule has 0 aliphatic carbocycles. The average Bonchev–Trinajstić information content (AvgIpc) is 2.30. The van der Waals surface area contributed by atoms with Gasteiger partial charge >= 0.3 is 5.97 Å². The Hall–Kier alpha value is -1.74. The van der Waals surface area contributed by atoms with E-state index in [1.807, 2.05) is 0 Å². The Morgan fingerprint density at radius 1 is 1.35 bits per heavy atom. The number of esters is 1. The van der Waals surface area contributed by atoms with Gasteiger partial charge in [0.15, 0.2) is 0 Å². The van der Waals surface area contributed by atoms with Crippen LogP contribution in [-0.4, -0.2) is 17.7 Å². The van der Waals surface area contributed by atoms with Crippen LogP contribution >= 0.6 is 11.6 Å². The third-order valence-electron chi connectivity index (χ3n) is 2.45. The summed E-state index contributed by atoms with van der Waals surface area (Å²) >= 11 is 5.86. The van der Waals surface area contributed by atoms with E-state index in [2.05, 4.69) is 0 Å². The molecule has 2 aromatic rings. The van der Waals surface area contributed by atoms with Crippen molar-refractivity contribution in [2.75, 3.05) is 6.61 Å². The molecule has 0 atom stereocenters. The zero-order valence-corrected chi connectivity index (χ0v) is 9.99. The minimum Gasteiger partial charge on any atom is -0.506 e. The van der Waals surface area contributed by atoms with Crippen LogP contribution in [0.2, 0.25) is 5.02 Å². The van der Waals surface area contributed by atoms with Gasteiger partial charge in [0.05, 0.1) is 6.61 Å². The summed E-state index contributed by atoms with van der Waals surface area (Å²) < 4.78 is 4.86. The number of benzene rings is 2. The molecule has 3 nitrogen and oxygen atoms in total. The van der Waals surface area contributed by atoms with Gasteiger partial charge in [-0.2, -0.15) is 0 Å². The molecule has 17 heavy (non-hydrogen) atoms. The fourth-order valence-corrected chi connectivity index (χ4v) is 1.82. The zero-order valence-electron chi connectivity index (χ0n) is 9.24. The van der Waals surface area contributed by atoms with Crippen LogP contribution in [0.3, 0.4) is 0 Å². The standard InChI is InChI=1S/C13H11ClO3/c1-2-17-13(16)10-6-4-8-3-5-9(14)7-11(8)12(10)15/h3-7,15H,2H2,1H3. The van der Waals surface area contributed by atoms with Crippen molar-refractivity contribution in [3.05, 3.63) is 40.9 Å². The lowest BCUT2D eigenvalue weighted by Crippen LogP contribution is -2.04. The smallest absolute Gasteiger partial charge is 0.341 e. The Bertz CT molecular complexity index is 578. The van der Waals surface area contributed by atoms with Crippen LogP contribution in [0.5, 0.6) is 5.75 Å². The van der Waals surface area contributed by atoms with Crippen molar-refractivity contribution in [1.29, 1.82) is 0 Å². The Balaban J connectivity index is 2.60. The van der Waals surface area contributed by atoms with Crippen LogP contribution in [0.4, 0.5) is 0 Å². The fourth-order valence-electron chi connectivity index (χ4n) is 1.65. The molecule has 2 rings (SSSR count). The van der Waals surface area contributed by atoms with Crippen molar-refractivity contribution in [3.8, 4) is 5.75 Å². The molecule has 88 valence electrons. The number of aromatic hydroxyl groups is 1. The molecule has 2 aromatic carbocycles. The number of fused-ring (bicyclic) bond motifs is 1. The summed E-state index contributed by atoms with van der Waals surface area (Å²) in [7, 11) is 0. The summed E-state index contributed by atoms with van der Waals surface area (Å²) in [5.74, 6) is -0.629.